The van der Waals surface area contributed by atoms with Gasteiger partial charge in [-0.15, -0.1) is 11.3 Å². The maximum atomic E-state index is 11.5. The van der Waals surface area contributed by atoms with Crippen LogP contribution in [0, 0.1) is 0 Å². The molecule has 2 amide bonds. The van der Waals surface area contributed by atoms with Crippen LogP contribution in [-0.2, 0) is 6.42 Å². The number of nitrogens with one attached hydrogen (secondary N) is 2. The van der Waals surface area contributed by atoms with Crippen molar-refractivity contribution in [2.45, 2.75) is 19.3 Å². The molecule has 118 valence electrons. The van der Waals surface area contributed by atoms with Gasteiger partial charge in [-0.1, -0.05) is 0 Å². The summed E-state index contributed by atoms with van der Waals surface area (Å²) in [6, 6.07) is -0.199. The summed E-state index contributed by atoms with van der Waals surface area (Å²) in [5, 5.41) is 16.5. The lowest BCUT2D eigenvalue weighted by molar-refractivity contribution is 0.0691. The highest BCUT2D eigenvalue weighted by Crippen LogP contribution is 2.09. The van der Waals surface area contributed by atoms with Crippen molar-refractivity contribution in [3.8, 4) is 0 Å². The number of carbonyl (C=O) groups is 2. The van der Waals surface area contributed by atoms with Gasteiger partial charge in [-0.3, -0.25) is 0 Å². The lowest BCUT2D eigenvalue weighted by Crippen LogP contribution is -2.37. The summed E-state index contributed by atoms with van der Waals surface area (Å²) in [5.74, 6) is -1.03. The zero-order valence-corrected chi connectivity index (χ0v) is 13.2. The van der Waals surface area contributed by atoms with Gasteiger partial charge in [0.1, 0.15) is 0 Å². The molecule has 0 radical (unpaired) electrons. The normalized spacial score (nSPS) is 10.6. The van der Waals surface area contributed by atoms with Crippen LogP contribution < -0.4 is 10.6 Å². The van der Waals surface area contributed by atoms with E-state index >= 15 is 0 Å². The van der Waals surface area contributed by atoms with E-state index in [9.17, 15) is 9.59 Å². The highest BCUT2D eigenvalue weighted by Gasteiger charge is 2.08. The molecule has 1 heterocycles. The standard InChI is InChI=1S/C13H22N4O3S/c1-17(2)8-4-3-6-14-13(20)15-7-5-11-16-10(9-21-11)12(18)19/h9H,3-8H2,1-2H3,(H,18,19)(H2,14,15,20). The van der Waals surface area contributed by atoms with Gasteiger partial charge in [0.2, 0.25) is 0 Å². The van der Waals surface area contributed by atoms with Crippen LogP contribution in [0.1, 0.15) is 28.3 Å². The van der Waals surface area contributed by atoms with Gasteiger partial charge in [0, 0.05) is 24.9 Å². The molecule has 3 N–H and O–H groups in total. The molecule has 0 aromatic carbocycles. The Morgan fingerprint density at radius 1 is 1.29 bits per heavy atom. The number of hydrogen-bond donors (Lipinski definition) is 3. The number of nitrogens with zero attached hydrogens (tertiary/aromatic N) is 2. The van der Waals surface area contributed by atoms with E-state index in [2.05, 4.69) is 20.5 Å². The number of carboxylic acid groups (broad SMARTS) is 1. The third-order valence-electron chi connectivity index (χ3n) is 2.71. The molecule has 21 heavy (non-hydrogen) atoms. The number of hydrogen-bond acceptors (Lipinski definition) is 5. The molecule has 0 aliphatic heterocycles. The number of carboxylic acids is 1. The molecule has 0 unspecified atom stereocenters. The SMILES string of the molecule is CN(C)CCCCNC(=O)NCCc1nc(C(=O)O)cs1. The molecule has 0 bridgehead atoms. The van der Waals surface area contributed by atoms with Crippen LogP contribution >= 0.6 is 11.3 Å². The van der Waals surface area contributed by atoms with Crippen LogP contribution in [0.25, 0.3) is 0 Å². The summed E-state index contributed by atoms with van der Waals surface area (Å²) in [5.41, 5.74) is 0.0559. The Labute approximate surface area is 128 Å². The van der Waals surface area contributed by atoms with E-state index in [1.54, 1.807) is 0 Å². The monoisotopic (exact) mass is 314 g/mol. The molecule has 0 atom stereocenters. The van der Waals surface area contributed by atoms with Gasteiger partial charge < -0.3 is 20.6 Å². The summed E-state index contributed by atoms with van der Waals surface area (Å²) in [6.07, 6.45) is 2.52. The Bertz CT molecular complexity index is 462. The first-order chi connectivity index (χ1) is 9.99. The number of amides is 2. The van der Waals surface area contributed by atoms with E-state index in [0.717, 1.165) is 19.4 Å². The molecule has 0 saturated carbocycles. The fourth-order valence-corrected chi connectivity index (χ4v) is 2.40. The van der Waals surface area contributed by atoms with Crippen LogP contribution in [0.3, 0.4) is 0 Å². The summed E-state index contributed by atoms with van der Waals surface area (Å²) in [6.45, 7) is 2.11. The topological polar surface area (TPSA) is 94.6 Å². The summed E-state index contributed by atoms with van der Waals surface area (Å²) >= 11 is 1.29. The Hall–Kier alpha value is -1.67. The Balaban J connectivity index is 2.08. The van der Waals surface area contributed by atoms with Crippen LogP contribution in [-0.4, -0.2) is 60.7 Å². The number of rotatable bonds is 9. The molecule has 0 saturated heterocycles. The van der Waals surface area contributed by atoms with Crippen molar-refractivity contribution in [3.05, 3.63) is 16.1 Å². The first-order valence-electron chi connectivity index (χ1n) is 6.83. The lowest BCUT2D eigenvalue weighted by atomic mass is 10.3. The predicted molar refractivity (Wildman–Crippen MR) is 82.0 cm³/mol. The predicted octanol–water partition coefficient (Wildman–Crippen LogP) is 1.02. The molecule has 0 aliphatic carbocycles. The van der Waals surface area contributed by atoms with Crippen LogP contribution in [0.15, 0.2) is 5.38 Å². The third-order valence-corrected chi connectivity index (χ3v) is 3.62. The fourth-order valence-electron chi connectivity index (χ4n) is 1.62. The van der Waals surface area contributed by atoms with Crippen LogP contribution in [0.4, 0.5) is 4.79 Å². The molecule has 0 aliphatic rings. The smallest absolute Gasteiger partial charge is 0.355 e. The van der Waals surface area contributed by atoms with Crippen molar-refractivity contribution >= 4 is 23.3 Å². The van der Waals surface area contributed by atoms with Gasteiger partial charge >= 0.3 is 12.0 Å². The minimum atomic E-state index is -1.03. The van der Waals surface area contributed by atoms with Gasteiger partial charge in [-0.2, -0.15) is 0 Å². The minimum absolute atomic E-state index is 0.0559. The highest BCUT2D eigenvalue weighted by atomic mass is 32.1. The van der Waals surface area contributed by atoms with Gasteiger partial charge in [-0.25, -0.2) is 14.6 Å². The van der Waals surface area contributed by atoms with Gasteiger partial charge in [0.15, 0.2) is 5.69 Å². The maximum absolute atomic E-state index is 11.5. The van der Waals surface area contributed by atoms with Crippen molar-refractivity contribution in [3.63, 3.8) is 0 Å². The molecule has 0 spiro atoms. The minimum Gasteiger partial charge on any atom is -0.476 e. The van der Waals surface area contributed by atoms with E-state index < -0.39 is 5.97 Å². The molecule has 7 nitrogen and oxygen atoms in total. The van der Waals surface area contributed by atoms with E-state index in [-0.39, 0.29) is 11.7 Å². The van der Waals surface area contributed by atoms with E-state index in [1.165, 1.54) is 16.7 Å². The van der Waals surface area contributed by atoms with Crippen molar-refractivity contribution in [2.24, 2.45) is 0 Å². The summed E-state index contributed by atoms with van der Waals surface area (Å²) in [7, 11) is 4.04. The second kappa shape index (κ2) is 9.30. The molecule has 8 heteroatoms. The van der Waals surface area contributed by atoms with Crippen molar-refractivity contribution in [2.75, 3.05) is 33.7 Å². The lowest BCUT2D eigenvalue weighted by Gasteiger charge is -2.09. The molecule has 1 aromatic rings. The summed E-state index contributed by atoms with van der Waals surface area (Å²) < 4.78 is 0. The fraction of sp³-hybridized carbons (Fsp3) is 0.615. The maximum Gasteiger partial charge on any atom is 0.355 e. The Morgan fingerprint density at radius 3 is 2.62 bits per heavy atom. The number of urea groups is 1. The average Bonchev–Trinajstić information content (AvgIpc) is 2.87. The van der Waals surface area contributed by atoms with Crippen molar-refractivity contribution in [1.82, 2.24) is 20.5 Å². The second-order valence-corrected chi connectivity index (χ2v) is 5.82. The van der Waals surface area contributed by atoms with Crippen molar-refractivity contribution in [1.29, 1.82) is 0 Å². The second-order valence-electron chi connectivity index (χ2n) is 4.87. The van der Waals surface area contributed by atoms with Gasteiger partial charge in [0.25, 0.3) is 0 Å². The van der Waals surface area contributed by atoms with Gasteiger partial charge in [0.05, 0.1) is 5.01 Å². The zero-order chi connectivity index (χ0) is 15.7. The molecule has 1 rings (SSSR count). The largest absolute Gasteiger partial charge is 0.476 e. The van der Waals surface area contributed by atoms with Gasteiger partial charge in [-0.05, 0) is 33.5 Å². The van der Waals surface area contributed by atoms with Crippen molar-refractivity contribution < 1.29 is 14.7 Å². The average molecular weight is 314 g/mol. The van der Waals surface area contributed by atoms with E-state index in [0.29, 0.717) is 24.5 Å². The Morgan fingerprint density at radius 2 is 2.00 bits per heavy atom. The summed E-state index contributed by atoms with van der Waals surface area (Å²) in [4.78, 5) is 28.2. The van der Waals surface area contributed by atoms with Crippen LogP contribution in [0.2, 0.25) is 0 Å². The highest BCUT2D eigenvalue weighted by molar-refractivity contribution is 7.09. The molecular weight excluding hydrogens is 292 g/mol. The zero-order valence-electron chi connectivity index (χ0n) is 12.4. The number of unbranched alkanes of at least 4 members (excludes halogenated alkanes) is 1. The Kier molecular flexibility index (Phi) is 7.70. The number of aromatic nitrogens is 1. The molecule has 1 aromatic heterocycles. The number of carbonyl (C=O) groups excluding carboxylic acids is 1. The first-order valence-corrected chi connectivity index (χ1v) is 7.71. The molecular formula is C13H22N4O3S. The molecule has 0 fully saturated rings. The van der Waals surface area contributed by atoms with E-state index in [1.807, 2.05) is 14.1 Å². The third kappa shape index (κ3) is 7.62. The number of aromatic carboxylic acids is 1. The van der Waals surface area contributed by atoms with Crippen LogP contribution in [0.5, 0.6) is 0 Å². The first kappa shape index (κ1) is 17.4. The van der Waals surface area contributed by atoms with E-state index in [4.69, 9.17) is 5.11 Å². The quantitative estimate of drug-likeness (QED) is 0.592. The number of thiazole rings is 1.